The standard InChI is InChI=1S/C17H26N2O2/c1-13-11-18(16(20)21-17(3,4)5)12-14(2)19(13)15-9-7-6-8-10-15/h6-10,13-14H,11-12H2,1-5H3/t13-,14+. The van der Waals surface area contributed by atoms with Gasteiger partial charge in [0.25, 0.3) is 0 Å². The van der Waals surface area contributed by atoms with Crippen molar-refractivity contribution in [2.75, 3.05) is 18.0 Å². The fourth-order valence-electron chi connectivity index (χ4n) is 2.91. The lowest BCUT2D eigenvalue weighted by atomic mass is 10.1. The zero-order chi connectivity index (χ0) is 15.6. The smallest absolute Gasteiger partial charge is 0.410 e. The first kappa shape index (κ1) is 15.7. The Bertz CT molecular complexity index is 469. The van der Waals surface area contributed by atoms with Gasteiger partial charge in [-0.3, -0.25) is 0 Å². The van der Waals surface area contributed by atoms with E-state index >= 15 is 0 Å². The summed E-state index contributed by atoms with van der Waals surface area (Å²) in [7, 11) is 0. The molecule has 1 aliphatic rings. The van der Waals surface area contributed by atoms with E-state index in [2.05, 4.69) is 43.0 Å². The lowest BCUT2D eigenvalue weighted by Crippen LogP contribution is -2.58. The van der Waals surface area contributed by atoms with E-state index in [1.807, 2.05) is 31.7 Å². The number of piperazine rings is 1. The Balaban J connectivity index is 2.07. The Labute approximate surface area is 127 Å². The first-order valence-electron chi connectivity index (χ1n) is 7.59. The highest BCUT2D eigenvalue weighted by molar-refractivity contribution is 5.69. The summed E-state index contributed by atoms with van der Waals surface area (Å²) in [5, 5.41) is 0. The molecule has 1 amide bonds. The van der Waals surface area contributed by atoms with Gasteiger partial charge in [-0.2, -0.15) is 0 Å². The van der Waals surface area contributed by atoms with Crippen molar-refractivity contribution in [1.82, 2.24) is 4.90 Å². The van der Waals surface area contributed by atoms with Crippen molar-refractivity contribution < 1.29 is 9.53 Å². The quantitative estimate of drug-likeness (QED) is 0.793. The number of rotatable bonds is 1. The topological polar surface area (TPSA) is 32.8 Å². The first-order chi connectivity index (χ1) is 9.78. The molecule has 0 unspecified atom stereocenters. The minimum atomic E-state index is -0.444. The highest BCUT2D eigenvalue weighted by Crippen LogP contribution is 2.25. The minimum Gasteiger partial charge on any atom is -0.444 e. The van der Waals surface area contributed by atoms with Crippen molar-refractivity contribution in [2.45, 2.75) is 52.3 Å². The second-order valence-electron chi connectivity index (χ2n) is 6.83. The average Bonchev–Trinajstić information content (AvgIpc) is 2.37. The van der Waals surface area contributed by atoms with Crippen LogP contribution in [0.2, 0.25) is 0 Å². The Kier molecular flexibility index (Phi) is 4.45. The van der Waals surface area contributed by atoms with Gasteiger partial charge in [0, 0.05) is 30.9 Å². The molecule has 2 atom stereocenters. The molecule has 0 spiro atoms. The second-order valence-corrected chi connectivity index (χ2v) is 6.83. The number of nitrogens with zero attached hydrogens (tertiary/aromatic N) is 2. The zero-order valence-electron chi connectivity index (χ0n) is 13.7. The van der Waals surface area contributed by atoms with Crippen LogP contribution in [0.3, 0.4) is 0 Å². The van der Waals surface area contributed by atoms with E-state index in [-0.39, 0.29) is 18.2 Å². The van der Waals surface area contributed by atoms with Gasteiger partial charge in [0.2, 0.25) is 0 Å². The minimum absolute atomic E-state index is 0.214. The van der Waals surface area contributed by atoms with Gasteiger partial charge in [-0.05, 0) is 46.8 Å². The van der Waals surface area contributed by atoms with Crippen LogP contribution in [-0.2, 0) is 4.74 Å². The molecule has 0 radical (unpaired) electrons. The molecule has 1 aliphatic heterocycles. The number of ether oxygens (including phenoxy) is 1. The van der Waals surface area contributed by atoms with Crippen LogP contribution in [0.15, 0.2) is 30.3 Å². The largest absolute Gasteiger partial charge is 0.444 e. The van der Waals surface area contributed by atoms with Gasteiger partial charge in [-0.1, -0.05) is 18.2 Å². The normalized spacial score (nSPS) is 23.1. The maximum atomic E-state index is 12.2. The maximum Gasteiger partial charge on any atom is 0.410 e. The number of carbonyl (C=O) groups excluding carboxylic acids is 1. The van der Waals surface area contributed by atoms with Gasteiger partial charge in [0.15, 0.2) is 0 Å². The third-order valence-electron chi connectivity index (χ3n) is 3.62. The molecule has 0 aliphatic carbocycles. The van der Waals surface area contributed by atoms with Crippen molar-refractivity contribution in [1.29, 1.82) is 0 Å². The predicted molar refractivity (Wildman–Crippen MR) is 85.7 cm³/mol. The van der Waals surface area contributed by atoms with Crippen molar-refractivity contribution in [3.05, 3.63) is 30.3 Å². The summed E-state index contributed by atoms with van der Waals surface area (Å²) in [6.07, 6.45) is -0.214. The first-order valence-corrected chi connectivity index (χ1v) is 7.59. The molecule has 0 saturated carbocycles. The van der Waals surface area contributed by atoms with Crippen LogP contribution in [0.4, 0.5) is 10.5 Å². The Morgan fingerprint density at radius 1 is 1.10 bits per heavy atom. The SMILES string of the molecule is C[C@@H]1CN(C(=O)OC(C)(C)C)C[C@H](C)N1c1ccccc1. The maximum absolute atomic E-state index is 12.2. The molecule has 1 aromatic rings. The highest BCUT2D eigenvalue weighted by atomic mass is 16.6. The number of anilines is 1. The van der Waals surface area contributed by atoms with E-state index in [1.54, 1.807) is 0 Å². The van der Waals surface area contributed by atoms with Crippen LogP contribution in [0.25, 0.3) is 0 Å². The Morgan fingerprint density at radius 2 is 1.62 bits per heavy atom. The highest BCUT2D eigenvalue weighted by Gasteiger charge is 2.33. The van der Waals surface area contributed by atoms with Gasteiger partial charge < -0.3 is 14.5 Å². The zero-order valence-corrected chi connectivity index (χ0v) is 13.7. The van der Waals surface area contributed by atoms with Crippen LogP contribution >= 0.6 is 0 Å². The van der Waals surface area contributed by atoms with E-state index < -0.39 is 5.60 Å². The molecule has 0 aromatic heterocycles. The molecule has 1 aromatic carbocycles. The Hall–Kier alpha value is -1.71. The van der Waals surface area contributed by atoms with Crippen LogP contribution in [-0.4, -0.2) is 41.8 Å². The molecule has 21 heavy (non-hydrogen) atoms. The summed E-state index contributed by atoms with van der Waals surface area (Å²) in [5.41, 5.74) is 0.765. The molecule has 4 nitrogen and oxygen atoms in total. The molecule has 1 fully saturated rings. The summed E-state index contributed by atoms with van der Waals surface area (Å²) in [4.78, 5) is 16.4. The lowest BCUT2D eigenvalue weighted by Gasteiger charge is -2.45. The summed E-state index contributed by atoms with van der Waals surface area (Å²) in [5.74, 6) is 0. The lowest BCUT2D eigenvalue weighted by molar-refractivity contribution is 0.0193. The van der Waals surface area contributed by atoms with E-state index in [0.29, 0.717) is 13.1 Å². The number of hydrogen-bond donors (Lipinski definition) is 0. The molecule has 1 heterocycles. The molecule has 0 N–H and O–H groups in total. The number of hydrogen-bond acceptors (Lipinski definition) is 3. The Morgan fingerprint density at radius 3 is 2.10 bits per heavy atom. The van der Waals surface area contributed by atoms with E-state index in [9.17, 15) is 4.79 Å². The molecule has 0 bridgehead atoms. The number of amides is 1. The van der Waals surface area contributed by atoms with Gasteiger partial charge in [0.05, 0.1) is 0 Å². The molecule has 2 rings (SSSR count). The monoisotopic (exact) mass is 290 g/mol. The van der Waals surface area contributed by atoms with E-state index in [1.165, 1.54) is 5.69 Å². The van der Waals surface area contributed by atoms with Crippen LogP contribution in [0.5, 0.6) is 0 Å². The molecule has 1 saturated heterocycles. The molecule has 4 heteroatoms. The fraction of sp³-hybridized carbons (Fsp3) is 0.588. The third kappa shape index (κ3) is 3.90. The van der Waals surface area contributed by atoms with Crippen molar-refractivity contribution >= 4 is 11.8 Å². The van der Waals surface area contributed by atoms with Gasteiger partial charge in [0.1, 0.15) is 5.60 Å². The fourth-order valence-corrected chi connectivity index (χ4v) is 2.91. The number of benzene rings is 1. The van der Waals surface area contributed by atoms with E-state index in [0.717, 1.165) is 0 Å². The molecular formula is C17H26N2O2. The van der Waals surface area contributed by atoms with Crippen LogP contribution < -0.4 is 4.90 Å². The second kappa shape index (κ2) is 5.96. The summed E-state index contributed by atoms with van der Waals surface area (Å²) in [6, 6.07) is 10.9. The number of para-hydroxylation sites is 1. The van der Waals surface area contributed by atoms with Gasteiger partial charge in [-0.25, -0.2) is 4.79 Å². The van der Waals surface area contributed by atoms with Crippen molar-refractivity contribution in [2.24, 2.45) is 0 Å². The molecule has 116 valence electrons. The van der Waals surface area contributed by atoms with Crippen molar-refractivity contribution in [3.63, 3.8) is 0 Å². The summed E-state index contributed by atoms with van der Waals surface area (Å²) < 4.78 is 5.48. The van der Waals surface area contributed by atoms with Gasteiger partial charge in [-0.15, -0.1) is 0 Å². The molecular weight excluding hydrogens is 264 g/mol. The number of carbonyl (C=O) groups is 1. The predicted octanol–water partition coefficient (Wildman–Crippen LogP) is 3.52. The van der Waals surface area contributed by atoms with Crippen molar-refractivity contribution in [3.8, 4) is 0 Å². The average molecular weight is 290 g/mol. The van der Waals surface area contributed by atoms with Crippen LogP contribution in [0.1, 0.15) is 34.6 Å². The van der Waals surface area contributed by atoms with Gasteiger partial charge >= 0.3 is 6.09 Å². The van der Waals surface area contributed by atoms with E-state index in [4.69, 9.17) is 4.74 Å². The summed E-state index contributed by atoms with van der Waals surface area (Å²) >= 11 is 0. The summed E-state index contributed by atoms with van der Waals surface area (Å²) in [6.45, 7) is 11.4. The van der Waals surface area contributed by atoms with Crippen LogP contribution in [0, 0.1) is 0 Å². The third-order valence-corrected chi connectivity index (χ3v) is 3.62.